The van der Waals surface area contributed by atoms with Gasteiger partial charge in [0.25, 0.3) is 5.91 Å². The normalized spacial score (nSPS) is 10.1. The van der Waals surface area contributed by atoms with Crippen LogP contribution in [0.1, 0.15) is 10.5 Å². The van der Waals surface area contributed by atoms with E-state index in [1.54, 1.807) is 12.1 Å². The summed E-state index contributed by atoms with van der Waals surface area (Å²) in [5.74, 6) is 4.32. The van der Waals surface area contributed by atoms with Gasteiger partial charge in [-0.05, 0) is 46.3 Å². The summed E-state index contributed by atoms with van der Waals surface area (Å²) < 4.78 is 13.6. The van der Waals surface area contributed by atoms with Gasteiger partial charge in [-0.15, -0.1) is 0 Å². The van der Waals surface area contributed by atoms with Gasteiger partial charge in [0, 0.05) is 5.69 Å². The van der Waals surface area contributed by atoms with Crippen molar-refractivity contribution in [3.8, 4) is 0 Å². The third-order valence-electron chi connectivity index (χ3n) is 2.34. The number of nitrogens with zero attached hydrogens (tertiary/aromatic N) is 1. The van der Waals surface area contributed by atoms with Crippen LogP contribution in [-0.2, 0) is 0 Å². The molecule has 1 heterocycles. The highest BCUT2D eigenvalue weighted by atomic mass is 79.9. The third-order valence-corrected chi connectivity index (χ3v) is 2.98. The predicted molar refractivity (Wildman–Crippen MR) is 74.1 cm³/mol. The van der Waals surface area contributed by atoms with Gasteiger partial charge >= 0.3 is 0 Å². The Labute approximate surface area is 117 Å². The van der Waals surface area contributed by atoms with Gasteiger partial charge in [0.15, 0.2) is 0 Å². The second-order valence-corrected chi connectivity index (χ2v) is 4.51. The molecule has 0 fully saturated rings. The van der Waals surface area contributed by atoms with Crippen molar-refractivity contribution in [3.63, 3.8) is 0 Å². The molecule has 0 aliphatic carbocycles. The molecule has 1 aromatic carbocycles. The van der Waals surface area contributed by atoms with Crippen LogP contribution in [0.5, 0.6) is 0 Å². The molecule has 98 valence electrons. The third kappa shape index (κ3) is 3.27. The number of nitrogens with two attached hydrogens (primary N) is 1. The second-order valence-electron chi connectivity index (χ2n) is 3.66. The first kappa shape index (κ1) is 13.4. The Kier molecular flexibility index (Phi) is 4.08. The van der Waals surface area contributed by atoms with Crippen LogP contribution in [0.15, 0.2) is 41.0 Å². The lowest BCUT2D eigenvalue weighted by Crippen LogP contribution is -2.14. The van der Waals surface area contributed by atoms with E-state index in [1.807, 2.05) is 0 Å². The molecule has 1 amide bonds. The Morgan fingerprint density at radius 3 is 2.58 bits per heavy atom. The molecule has 19 heavy (non-hydrogen) atoms. The first-order valence-electron chi connectivity index (χ1n) is 5.29. The summed E-state index contributed by atoms with van der Waals surface area (Å²) in [6, 6.07) is 7.45. The lowest BCUT2D eigenvalue weighted by Gasteiger charge is -2.06. The van der Waals surface area contributed by atoms with E-state index in [4.69, 9.17) is 5.84 Å². The number of nitrogens with one attached hydrogen (secondary N) is 2. The van der Waals surface area contributed by atoms with E-state index in [2.05, 4.69) is 31.7 Å². The van der Waals surface area contributed by atoms with Crippen LogP contribution in [0.2, 0.25) is 0 Å². The molecule has 0 spiro atoms. The number of carbonyl (C=O) groups is 1. The standard InChI is InChI=1S/C12H10BrFN4O/c13-9-3-1-7(5-10(9)14)17-12(19)11-4-2-8(18-15)6-16-11/h1-6,18H,15H2,(H,17,19). The van der Waals surface area contributed by atoms with Crippen LogP contribution in [0, 0.1) is 5.82 Å². The molecule has 0 unspecified atom stereocenters. The van der Waals surface area contributed by atoms with Crippen molar-refractivity contribution in [1.82, 2.24) is 4.98 Å². The van der Waals surface area contributed by atoms with Gasteiger partial charge in [-0.2, -0.15) is 0 Å². The minimum Gasteiger partial charge on any atom is -0.323 e. The molecule has 5 nitrogen and oxygen atoms in total. The Bertz CT molecular complexity index is 603. The van der Waals surface area contributed by atoms with Crippen LogP contribution in [-0.4, -0.2) is 10.9 Å². The molecule has 0 saturated carbocycles. The molecule has 0 aliphatic heterocycles. The molecule has 4 N–H and O–H groups in total. The summed E-state index contributed by atoms with van der Waals surface area (Å²) in [6.07, 6.45) is 1.43. The molecule has 0 saturated heterocycles. The summed E-state index contributed by atoms with van der Waals surface area (Å²) in [4.78, 5) is 15.8. The number of hydrogen-bond donors (Lipinski definition) is 3. The van der Waals surface area contributed by atoms with Gasteiger partial charge in [0.05, 0.1) is 16.4 Å². The zero-order valence-corrected chi connectivity index (χ0v) is 11.2. The van der Waals surface area contributed by atoms with E-state index in [0.717, 1.165) is 0 Å². The number of anilines is 2. The number of aromatic nitrogens is 1. The quantitative estimate of drug-likeness (QED) is 0.598. The summed E-state index contributed by atoms with van der Waals surface area (Å²) in [7, 11) is 0. The summed E-state index contributed by atoms with van der Waals surface area (Å²) >= 11 is 3.04. The van der Waals surface area contributed by atoms with Gasteiger partial charge in [-0.1, -0.05) is 0 Å². The van der Waals surface area contributed by atoms with Gasteiger partial charge in [0.1, 0.15) is 11.5 Å². The maximum atomic E-state index is 13.3. The van der Waals surface area contributed by atoms with Crippen LogP contribution in [0.3, 0.4) is 0 Å². The van der Waals surface area contributed by atoms with Crippen molar-refractivity contribution < 1.29 is 9.18 Å². The molecule has 0 aliphatic rings. The average Bonchev–Trinajstić information content (AvgIpc) is 2.43. The van der Waals surface area contributed by atoms with Crippen molar-refractivity contribution in [2.75, 3.05) is 10.7 Å². The Morgan fingerprint density at radius 2 is 2.00 bits per heavy atom. The van der Waals surface area contributed by atoms with E-state index in [0.29, 0.717) is 15.8 Å². The zero-order valence-electron chi connectivity index (χ0n) is 9.65. The molecular weight excluding hydrogens is 315 g/mol. The van der Waals surface area contributed by atoms with Crippen molar-refractivity contribution in [2.45, 2.75) is 0 Å². The fourth-order valence-electron chi connectivity index (χ4n) is 1.38. The van der Waals surface area contributed by atoms with Gasteiger partial charge in [-0.25, -0.2) is 9.37 Å². The van der Waals surface area contributed by atoms with Gasteiger partial charge in [-0.3, -0.25) is 10.6 Å². The number of halogens is 2. The van der Waals surface area contributed by atoms with E-state index >= 15 is 0 Å². The van der Waals surface area contributed by atoms with E-state index in [9.17, 15) is 9.18 Å². The van der Waals surface area contributed by atoms with Crippen molar-refractivity contribution in [1.29, 1.82) is 0 Å². The fourth-order valence-corrected chi connectivity index (χ4v) is 1.63. The number of pyridine rings is 1. The number of hydrogen-bond acceptors (Lipinski definition) is 4. The zero-order chi connectivity index (χ0) is 13.8. The first-order valence-corrected chi connectivity index (χ1v) is 6.08. The van der Waals surface area contributed by atoms with Gasteiger partial charge < -0.3 is 10.7 Å². The molecule has 0 atom stereocenters. The topological polar surface area (TPSA) is 80.0 Å². The Hall–Kier alpha value is -1.99. The number of carbonyl (C=O) groups excluding carboxylic acids is 1. The summed E-state index contributed by atoms with van der Waals surface area (Å²) in [6.45, 7) is 0. The molecule has 0 bridgehead atoms. The van der Waals surface area contributed by atoms with Crippen LogP contribution in [0.4, 0.5) is 15.8 Å². The predicted octanol–water partition coefficient (Wildman–Crippen LogP) is 2.52. The number of rotatable bonds is 3. The number of hydrazine groups is 1. The minimum absolute atomic E-state index is 0.210. The molecule has 2 rings (SSSR count). The number of nitrogen functional groups attached to an aromatic ring is 1. The minimum atomic E-state index is -0.451. The van der Waals surface area contributed by atoms with E-state index < -0.39 is 11.7 Å². The lowest BCUT2D eigenvalue weighted by molar-refractivity contribution is 0.102. The molecule has 2 aromatic rings. The molecule has 7 heteroatoms. The highest BCUT2D eigenvalue weighted by Crippen LogP contribution is 2.19. The van der Waals surface area contributed by atoms with Crippen molar-refractivity contribution >= 4 is 33.2 Å². The van der Waals surface area contributed by atoms with Crippen LogP contribution in [0.25, 0.3) is 0 Å². The van der Waals surface area contributed by atoms with Crippen molar-refractivity contribution in [2.24, 2.45) is 5.84 Å². The highest BCUT2D eigenvalue weighted by Gasteiger charge is 2.09. The maximum Gasteiger partial charge on any atom is 0.274 e. The number of amides is 1. The SMILES string of the molecule is NNc1ccc(C(=O)Nc2ccc(Br)c(F)c2)nc1. The monoisotopic (exact) mass is 324 g/mol. The smallest absolute Gasteiger partial charge is 0.274 e. The second kappa shape index (κ2) is 5.77. The number of benzene rings is 1. The summed E-state index contributed by atoms with van der Waals surface area (Å²) in [5, 5.41) is 2.55. The van der Waals surface area contributed by atoms with Crippen LogP contribution < -0.4 is 16.6 Å². The van der Waals surface area contributed by atoms with E-state index in [-0.39, 0.29) is 5.69 Å². The van der Waals surface area contributed by atoms with Crippen molar-refractivity contribution in [3.05, 3.63) is 52.5 Å². The van der Waals surface area contributed by atoms with Crippen LogP contribution >= 0.6 is 15.9 Å². The molecule has 0 radical (unpaired) electrons. The Balaban J connectivity index is 2.13. The molecular formula is C12H10BrFN4O. The fraction of sp³-hybridized carbons (Fsp3) is 0. The first-order chi connectivity index (χ1) is 9.10. The van der Waals surface area contributed by atoms with Gasteiger partial charge in [0.2, 0.25) is 0 Å². The van der Waals surface area contributed by atoms with E-state index in [1.165, 1.54) is 24.4 Å². The molecule has 1 aromatic heterocycles. The lowest BCUT2D eigenvalue weighted by atomic mass is 10.3. The maximum absolute atomic E-state index is 13.3. The largest absolute Gasteiger partial charge is 0.323 e. The highest BCUT2D eigenvalue weighted by molar-refractivity contribution is 9.10. The average molecular weight is 325 g/mol. The Morgan fingerprint density at radius 1 is 1.26 bits per heavy atom. The summed E-state index contributed by atoms with van der Waals surface area (Å²) in [5.41, 5.74) is 3.56.